The summed E-state index contributed by atoms with van der Waals surface area (Å²) in [4.78, 5) is 12.8. The zero-order valence-corrected chi connectivity index (χ0v) is 17.4. The minimum absolute atomic E-state index is 0.0345. The molecule has 7 heteroatoms. The Hall–Kier alpha value is -2.93. The summed E-state index contributed by atoms with van der Waals surface area (Å²) >= 11 is 1.55. The summed E-state index contributed by atoms with van der Waals surface area (Å²) in [6, 6.07) is 9.72. The lowest BCUT2D eigenvalue weighted by atomic mass is 10.0. The van der Waals surface area contributed by atoms with Crippen molar-refractivity contribution in [2.75, 3.05) is 13.3 Å². The summed E-state index contributed by atoms with van der Waals surface area (Å²) in [5.41, 5.74) is 2.52. The van der Waals surface area contributed by atoms with Gasteiger partial charge in [0.05, 0.1) is 11.7 Å². The number of rotatable bonds is 5. The number of ether oxygens (including phenoxy) is 1. The summed E-state index contributed by atoms with van der Waals surface area (Å²) in [7, 11) is 1.57. The second-order valence-corrected chi connectivity index (χ2v) is 7.66. The van der Waals surface area contributed by atoms with Crippen LogP contribution in [0.1, 0.15) is 24.2 Å². The summed E-state index contributed by atoms with van der Waals surface area (Å²) in [5, 5.41) is 4.19. The van der Waals surface area contributed by atoms with E-state index in [2.05, 4.69) is 5.32 Å². The molecule has 0 radical (unpaired) electrons. The van der Waals surface area contributed by atoms with Crippen molar-refractivity contribution in [3.05, 3.63) is 54.0 Å². The Morgan fingerprint density at radius 3 is 2.55 bits per heavy atom. The maximum atomic E-state index is 13.4. The minimum Gasteiger partial charge on any atom is -0.489 e. The van der Waals surface area contributed by atoms with Gasteiger partial charge < -0.3 is 14.5 Å². The van der Waals surface area contributed by atoms with Gasteiger partial charge in [-0.05, 0) is 62.2 Å². The van der Waals surface area contributed by atoms with E-state index < -0.39 is 0 Å². The molecule has 4 rings (SSSR count). The third-order valence-electron chi connectivity index (χ3n) is 4.67. The first-order valence-corrected chi connectivity index (χ1v) is 10.4. The summed E-state index contributed by atoms with van der Waals surface area (Å²) in [5.74, 6) is 0.457. The van der Waals surface area contributed by atoms with Gasteiger partial charge in [-0.15, -0.1) is 0 Å². The van der Waals surface area contributed by atoms with Gasteiger partial charge in [0.1, 0.15) is 28.4 Å². The van der Waals surface area contributed by atoms with Crippen LogP contribution in [0, 0.1) is 5.82 Å². The normalized spacial score (nSPS) is 11.5. The molecule has 2 aromatic heterocycles. The summed E-state index contributed by atoms with van der Waals surface area (Å²) in [6.45, 7) is 3.92. The second-order valence-electron chi connectivity index (χ2n) is 6.90. The van der Waals surface area contributed by atoms with E-state index in [1.807, 2.05) is 42.4 Å². The molecule has 2 aromatic carbocycles. The second kappa shape index (κ2) is 7.48. The van der Waals surface area contributed by atoms with Gasteiger partial charge in [-0.2, -0.15) is 0 Å². The van der Waals surface area contributed by atoms with Crippen molar-refractivity contribution in [1.29, 1.82) is 0 Å². The number of halogens is 1. The zero-order chi connectivity index (χ0) is 20.7. The fourth-order valence-electron chi connectivity index (χ4n) is 3.47. The lowest BCUT2D eigenvalue weighted by Gasteiger charge is -2.13. The van der Waals surface area contributed by atoms with Crippen molar-refractivity contribution in [2.24, 2.45) is 0 Å². The largest absolute Gasteiger partial charge is 0.489 e. The van der Waals surface area contributed by atoms with Crippen LogP contribution in [0.25, 0.3) is 33.2 Å². The van der Waals surface area contributed by atoms with Crippen LogP contribution in [-0.2, 0) is 0 Å². The van der Waals surface area contributed by atoms with E-state index in [1.54, 1.807) is 31.1 Å². The average molecular weight is 412 g/mol. The van der Waals surface area contributed by atoms with Gasteiger partial charge in [0.15, 0.2) is 0 Å². The molecular weight excluding hydrogens is 391 g/mol. The maximum Gasteiger partial charge on any atom is 0.255 e. The molecule has 0 unspecified atom stereocenters. The smallest absolute Gasteiger partial charge is 0.255 e. The number of aromatic nitrogens is 1. The maximum absolute atomic E-state index is 13.4. The van der Waals surface area contributed by atoms with Crippen LogP contribution in [0.3, 0.4) is 0 Å². The number of nitrogens with zero attached hydrogens (tertiary/aromatic N) is 1. The molecule has 2 heterocycles. The van der Waals surface area contributed by atoms with E-state index in [0.717, 1.165) is 10.9 Å². The van der Waals surface area contributed by atoms with E-state index in [9.17, 15) is 9.18 Å². The van der Waals surface area contributed by atoms with E-state index in [1.165, 1.54) is 12.1 Å². The van der Waals surface area contributed by atoms with Crippen molar-refractivity contribution in [3.63, 3.8) is 0 Å². The Labute approximate surface area is 172 Å². The molecule has 0 spiro atoms. The highest BCUT2D eigenvalue weighted by Gasteiger charge is 2.25. The Morgan fingerprint density at radius 2 is 1.93 bits per heavy atom. The molecule has 0 aliphatic rings. The van der Waals surface area contributed by atoms with E-state index in [4.69, 9.17) is 9.15 Å². The molecule has 5 nitrogen and oxygen atoms in total. The van der Waals surface area contributed by atoms with Crippen molar-refractivity contribution in [1.82, 2.24) is 9.29 Å². The third kappa shape index (κ3) is 3.25. The molecule has 0 atom stereocenters. The van der Waals surface area contributed by atoms with Crippen LogP contribution in [0.4, 0.5) is 4.39 Å². The fraction of sp³-hybridized carbons (Fsp3) is 0.227. The summed E-state index contributed by atoms with van der Waals surface area (Å²) < 4.78 is 27.7. The topological polar surface area (TPSA) is 56.4 Å². The Balaban J connectivity index is 2.10. The van der Waals surface area contributed by atoms with E-state index >= 15 is 0 Å². The molecule has 0 saturated heterocycles. The molecule has 1 N–H and O–H groups in total. The molecule has 0 aliphatic heterocycles. The number of furan rings is 1. The van der Waals surface area contributed by atoms with Crippen molar-refractivity contribution >= 4 is 39.7 Å². The minimum atomic E-state index is -0.349. The highest BCUT2D eigenvalue weighted by molar-refractivity contribution is 7.97. The monoisotopic (exact) mass is 412 g/mol. The number of benzene rings is 2. The zero-order valence-electron chi connectivity index (χ0n) is 16.6. The van der Waals surface area contributed by atoms with Crippen LogP contribution >= 0.6 is 11.9 Å². The van der Waals surface area contributed by atoms with Crippen LogP contribution in [0.15, 0.2) is 47.0 Å². The first kappa shape index (κ1) is 19.4. The average Bonchev–Trinajstić information content (AvgIpc) is 3.29. The van der Waals surface area contributed by atoms with Crippen LogP contribution in [0.2, 0.25) is 0 Å². The number of carbonyl (C=O) groups is 1. The van der Waals surface area contributed by atoms with E-state index in [0.29, 0.717) is 33.6 Å². The Bertz CT molecular complexity index is 1210. The molecule has 0 fully saturated rings. The predicted molar refractivity (Wildman–Crippen MR) is 115 cm³/mol. The van der Waals surface area contributed by atoms with Gasteiger partial charge in [0.25, 0.3) is 5.91 Å². The van der Waals surface area contributed by atoms with Gasteiger partial charge in [-0.3, -0.25) is 8.77 Å². The van der Waals surface area contributed by atoms with Gasteiger partial charge in [-0.25, -0.2) is 4.39 Å². The molecule has 0 aliphatic carbocycles. The first-order chi connectivity index (χ1) is 13.9. The van der Waals surface area contributed by atoms with Crippen LogP contribution in [-0.4, -0.2) is 29.3 Å². The van der Waals surface area contributed by atoms with Gasteiger partial charge in [0, 0.05) is 35.8 Å². The SMILES string of the molecule is CNC(=O)c1c(-c2ccc(F)cc2)oc2c1cc(OC(C)C)c1c2ccn1SC. The van der Waals surface area contributed by atoms with Crippen molar-refractivity contribution in [3.8, 4) is 17.1 Å². The van der Waals surface area contributed by atoms with Gasteiger partial charge in [0.2, 0.25) is 0 Å². The standard InChI is InChI=1S/C22H21FN2O3S/c1-12(2)27-17-11-16-18(22(26)24-3)20(13-5-7-14(23)8-6-13)28-21(16)15-9-10-25(29-4)19(15)17/h5-12H,1-4H3,(H,24,26). The lowest BCUT2D eigenvalue weighted by molar-refractivity contribution is 0.0964. The Kier molecular flexibility index (Phi) is 5.00. The fourth-order valence-corrected chi connectivity index (χ4v) is 4.02. The molecular formula is C22H21FN2O3S. The Morgan fingerprint density at radius 1 is 1.21 bits per heavy atom. The van der Waals surface area contributed by atoms with Crippen molar-refractivity contribution < 1.29 is 18.3 Å². The number of hydrogen-bond acceptors (Lipinski definition) is 4. The highest BCUT2D eigenvalue weighted by Crippen LogP contribution is 2.42. The molecule has 0 saturated carbocycles. The number of nitrogens with one attached hydrogen (secondary N) is 1. The van der Waals surface area contributed by atoms with Gasteiger partial charge in [-0.1, -0.05) is 0 Å². The summed E-state index contributed by atoms with van der Waals surface area (Å²) in [6.07, 6.45) is 3.89. The quantitative estimate of drug-likeness (QED) is 0.472. The number of carbonyl (C=O) groups excluding carboxylic acids is 1. The van der Waals surface area contributed by atoms with E-state index in [-0.39, 0.29) is 17.8 Å². The van der Waals surface area contributed by atoms with Crippen LogP contribution < -0.4 is 10.1 Å². The number of hydrogen-bond donors (Lipinski definition) is 1. The third-order valence-corrected chi connectivity index (χ3v) is 5.37. The van der Waals surface area contributed by atoms with Crippen molar-refractivity contribution in [2.45, 2.75) is 20.0 Å². The first-order valence-electron chi connectivity index (χ1n) is 9.24. The number of fused-ring (bicyclic) bond motifs is 3. The molecule has 0 bridgehead atoms. The predicted octanol–water partition coefficient (Wildman–Crippen LogP) is 5.47. The molecule has 150 valence electrons. The highest BCUT2D eigenvalue weighted by atomic mass is 32.2. The van der Waals surface area contributed by atoms with Crippen LogP contribution in [0.5, 0.6) is 5.75 Å². The molecule has 4 aromatic rings. The molecule has 1 amide bonds. The van der Waals surface area contributed by atoms with Gasteiger partial charge >= 0.3 is 0 Å². The lowest BCUT2D eigenvalue weighted by Crippen LogP contribution is -2.18. The number of amides is 1. The molecule has 29 heavy (non-hydrogen) atoms.